The van der Waals surface area contributed by atoms with Crippen LogP contribution in [0.25, 0.3) is 10.9 Å². The van der Waals surface area contributed by atoms with Crippen LogP contribution in [0, 0.1) is 5.92 Å². The molecule has 110 valence electrons. The van der Waals surface area contributed by atoms with E-state index in [0.717, 1.165) is 22.4 Å². The largest absolute Gasteiger partial charge is 0.287 e. The Balaban J connectivity index is 1.57. The summed E-state index contributed by atoms with van der Waals surface area (Å²) < 4.78 is 1.82. The van der Waals surface area contributed by atoms with Gasteiger partial charge in [-0.15, -0.1) is 0 Å². The summed E-state index contributed by atoms with van der Waals surface area (Å²) in [7, 11) is 1.97. The van der Waals surface area contributed by atoms with Crippen LogP contribution in [-0.4, -0.2) is 27.0 Å². The Morgan fingerprint density at radius 1 is 1.23 bits per heavy atom. The van der Waals surface area contributed by atoms with E-state index >= 15 is 0 Å². The van der Waals surface area contributed by atoms with Gasteiger partial charge in [0.25, 0.3) is 0 Å². The van der Waals surface area contributed by atoms with E-state index in [1.165, 1.54) is 4.90 Å². The van der Waals surface area contributed by atoms with E-state index in [4.69, 9.17) is 0 Å². The summed E-state index contributed by atoms with van der Waals surface area (Å²) in [6.45, 7) is 0. The zero-order chi connectivity index (χ0) is 14.9. The van der Waals surface area contributed by atoms with Gasteiger partial charge >= 0.3 is 0 Å². The smallest absolute Gasteiger partial charge is 0.240 e. The molecule has 0 spiro atoms. The van der Waals surface area contributed by atoms with Gasteiger partial charge in [-0.1, -0.05) is 18.2 Å². The number of fused-ring (bicyclic) bond motifs is 1. The van der Waals surface area contributed by atoms with E-state index < -0.39 is 0 Å². The maximum atomic E-state index is 12.8. The fourth-order valence-corrected chi connectivity index (χ4v) is 7.37. The van der Waals surface area contributed by atoms with Crippen molar-refractivity contribution < 1.29 is 4.79 Å². The Morgan fingerprint density at radius 3 is 3.00 bits per heavy atom. The van der Waals surface area contributed by atoms with Gasteiger partial charge in [0.15, 0.2) is 4.90 Å². The van der Waals surface area contributed by atoms with Crippen LogP contribution >= 0.6 is 10.8 Å². The van der Waals surface area contributed by atoms with Crippen LogP contribution < -0.4 is 0 Å². The average molecular weight is 327 g/mol. The lowest BCUT2D eigenvalue weighted by Gasteiger charge is -2.07. The first-order valence-corrected chi connectivity index (χ1v) is 10.1. The minimum atomic E-state index is 0.0833. The number of benzene rings is 1. The van der Waals surface area contributed by atoms with Gasteiger partial charge in [-0.25, -0.2) is 0 Å². The molecule has 0 bridgehead atoms. The fourth-order valence-electron chi connectivity index (χ4n) is 2.70. The summed E-state index contributed by atoms with van der Waals surface area (Å²) in [5.41, 5.74) is 1.01. The normalized spacial score (nSPS) is 21.3. The molecule has 3 aromatic rings. The third-order valence-corrected chi connectivity index (χ3v) is 8.39. The molecule has 3 nitrogen and oxygen atoms in total. The van der Waals surface area contributed by atoms with Crippen LogP contribution in [0.2, 0.25) is 0 Å². The number of nitrogens with zero attached hydrogens (tertiary/aromatic N) is 2. The van der Waals surface area contributed by atoms with Crippen molar-refractivity contribution >= 4 is 37.5 Å². The van der Waals surface area contributed by atoms with Crippen molar-refractivity contribution in [1.82, 2.24) is 9.55 Å². The fraction of sp³-hybridized carbons (Fsp3) is 0.176. The lowest BCUT2D eigenvalue weighted by Crippen LogP contribution is -2.24. The summed E-state index contributed by atoms with van der Waals surface area (Å²) in [6.07, 6.45) is 5.62. The van der Waals surface area contributed by atoms with Gasteiger partial charge in [-0.05, 0) is 24.3 Å². The first kappa shape index (κ1) is 13.9. The number of hydrogen-bond donors (Lipinski definition) is 0. The summed E-state index contributed by atoms with van der Waals surface area (Å²) in [5, 5.41) is 1.12. The number of rotatable bonds is 2. The molecule has 0 amide bonds. The second-order valence-corrected chi connectivity index (χ2v) is 9.24. The highest BCUT2D eigenvalue weighted by Gasteiger charge is 2.41. The standard InChI is InChI=1S/C17H15N2OS2/c20-17(19-9-7-13-4-1-2-6-16(13)19)14-11-21-22(12-14)15-5-3-8-18-10-15/h1-10,14H,11-12H2/q+1. The predicted molar refractivity (Wildman–Crippen MR) is 93.2 cm³/mol. The zero-order valence-corrected chi connectivity index (χ0v) is 13.5. The molecule has 0 N–H and O–H groups in total. The Hall–Kier alpha value is -1.72. The molecule has 0 aliphatic carbocycles. The van der Waals surface area contributed by atoms with E-state index in [1.807, 2.05) is 64.2 Å². The lowest BCUT2D eigenvalue weighted by atomic mass is 10.2. The van der Waals surface area contributed by atoms with Crippen molar-refractivity contribution in [3.05, 3.63) is 61.1 Å². The molecule has 2 unspecified atom stereocenters. The summed E-state index contributed by atoms with van der Waals surface area (Å²) in [5.74, 6) is 2.11. The minimum Gasteiger partial charge on any atom is -0.287 e. The van der Waals surface area contributed by atoms with Crippen LogP contribution in [-0.2, 0) is 9.93 Å². The molecule has 2 atom stereocenters. The number of para-hydroxylation sites is 1. The SMILES string of the molecule is O=C(C1CS[S+](c2cccnc2)C1)n1ccc2ccccc21. The van der Waals surface area contributed by atoms with Crippen molar-refractivity contribution in [1.29, 1.82) is 0 Å². The Kier molecular flexibility index (Phi) is 3.68. The van der Waals surface area contributed by atoms with Gasteiger partial charge in [-0.2, -0.15) is 0 Å². The third kappa shape index (κ3) is 2.44. The highest BCUT2D eigenvalue weighted by atomic mass is 33.1. The molecule has 1 fully saturated rings. The molecular formula is C17H15N2OS2+. The molecular weight excluding hydrogens is 312 g/mol. The first-order chi connectivity index (χ1) is 10.8. The maximum Gasteiger partial charge on any atom is 0.240 e. The zero-order valence-electron chi connectivity index (χ0n) is 11.9. The number of aromatic nitrogens is 2. The van der Waals surface area contributed by atoms with Gasteiger partial charge in [0.1, 0.15) is 5.75 Å². The monoisotopic (exact) mass is 327 g/mol. The predicted octanol–water partition coefficient (Wildman–Crippen LogP) is 3.63. The quantitative estimate of drug-likeness (QED) is 0.532. The summed E-state index contributed by atoms with van der Waals surface area (Å²) in [6, 6.07) is 14.1. The number of carbonyl (C=O) groups excluding carboxylic acids is 1. The van der Waals surface area contributed by atoms with Crippen LogP contribution in [0.3, 0.4) is 0 Å². The molecule has 3 heterocycles. The van der Waals surface area contributed by atoms with Crippen LogP contribution in [0.15, 0.2) is 66.0 Å². The van der Waals surface area contributed by atoms with Crippen LogP contribution in [0.5, 0.6) is 0 Å². The van der Waals surface area contributed by atoms with Crippen molar-refractivity contribution in [2.24, 2.45) is 5.92 Å². The van der Waals surface area contributed by atoms with Crippen LogP contribution in [0.1, 0.15) is 4.79 Å². The van der Waals surface area contributed by atoms with Gasteiger partial charge in [0.2, 0.25) is 5.91 Å². The third-order valence-electron chi connectivity index (χ3n) is 3.85. The Bertz CT molecular complexity index is 816. The van der Waals surface area contributed by atoms with Crippen molar-refractivity contribution in [2.45, 2.75) is 4.90 Å². The van der Waals surface area contributed by atoms with E-state index in [2.05, 4.69) is 11.1 Å². The topological polar surface area (TPSA) is 34.9 Å². The van der Waals surface area contributed by atoms with Crippen LogP contribution in [0.4, 0.5) is 0 Å². The second kappa shape index (κ2) is 5.82. The molecule has 1 aromatic carbocycles. The van der Waals surface area contributed by atoms with Crippen molar-refractivity contribution in [2.75, 3.05) is 11.5 Å². The molecule has 0 saturated carbocycles. The van der Waals surface area contributed by atoms with E-state index in [1.54, 1.807) is 6.20 Å². The lowest BCUT2D eigenvalue weighted by molar-refractivity contribution is 0.0867. The van der Waals surface area contributed by atoms with Gasteiger partial charge in [-0.3, -0.25) is 14.3 Å². The van der Waals surface area contributed by atoms with E-state index in [0.29, 0.717) is 0 Å². The molecule has 1 aliphatic rings. The molecule has 2 aromatic heterocycles. The number of carbonyl (C=O) groups is 1. The van der Waals surface area contributed by atoms with Crippen molar-refractivity contribution in [3.63, 3.8) is 0 Å². The highest BCUT2D eigenvalue weighted by Crippen LogP contribution is 2.37. The number of pyridine rings is 1. The molecule has 1 saturated heterocycles. The Labute approximate surface area is 135 Å². The highest BCUT2D eigenvalue weighted by molar-refractivity contribution is 8.74. The summed E-state index contributed by atoms with van der Waals surface area (Å²) >= 11 is 0. The van der Waals surface area contributed by atoms with E-state index in [-0.39, 0.29) is 21.8 Å². The molecule has 0 radical (unpaired) electrons. The molecule has 4 rings (SSSR count). The second-order valence-electron chi connectivity index (χ2n) is 5.27. The average Bonchev–Trinajstić information content (AvgIpc) is 3.22. The Morgan fingerprint density at radius 2 is 2.14 bits per heavy atom. The summed E-state index contributed by atoms with van der Waals surface area (Å²) in [4.78, 5) is 18.3. The first-order valence-electron chi connectivity index (χ1n) is 7.17. The molecule has 1 aliphatic heterocycles. The van der Waals surface area contributed by atoms with Gasteiger partial charge in [0.05, 0.1) is 44.1 Å². The number of hydrogen-bond acceptors (Lipinski definition) is 3. The maximum absolute atomic E-state index is 12.8. The van der Waals surface area contributed by atoms with Gasteiger partial charge < -0.3 is 0 Å². The molecule has 22 heavy (non-hydrogen) atoms. The van der Waals surface area contributed by atoms with Gasteiger partial charge in [0, 0.05) is 17.8 Å². The molecule has 5 heteroatoms. The van der Waals surface area contributed by atoms with Crippen molar-refractivity contribution in [3.8, 4) is 0 Å². The minimum absolute atomic E-state index is 0.0833. The van der Waals surface area contributed by atoms with E-state index in [9.17, 15) is 4.79 Å².